The van der Waals surface area contributed by atoms with Crippen LogP contribution in [-0.2, 0) is 4.79 Å². The van der Waals surface area contributed by atoms with Crippen LogP contribution >= 0.6 is 0 Å². The maximum Gasteiger partial charge on any atom is 0.224 e. The Kier molecular flexibility index (Phi) is 4.59. The highest BCUT2D eigenvalue weighted by Crippen LogP contribution is 2.25. The zero-order valence-electron chi connectivity index (χ0n) is 10.6. The Morgan fingerprint density at radius 1 is 1.25 bits per heavy atom. The molecule has 0 aromatic heterocycles. The number of piperidine rings is 1. The largest absolute Gasteiger partial charge is 0.321 e. The summed E-state index contributed by atoms with van der Waals surface area (Å²) in [5.41, 5.74) is -1.07. The molecule has 2 rings (SSSR count). The first-order valence-corrected chi connectivity index (χ1v) is 6.32. The zero-order valence-corrected chi connectivity index (χ0v) is 10.6. The molecule has 1 saturated heterocycles. The second kappa shape index (κ2) is 6.21. The average Bonchev–Trinajstić information content (AvgIpc) is 2.42. The van der Waals surface area contributed by atoms with E-state index in [2.05, 4.69) is 5.32 Å². The maximum absolute atomic E-state index is 13.4. The lowest BCUT2D eigenvalue weighted by Gasteiger charge is -2.22. The maximum atomic E-state index is 13.4. The summed E-state index contributed by atoms with van der Waals surface area (Å²) in [4.78, 5) is 11.7. The van der Waals surface area contributed by atoms with E-state index < -0.39 is 34.9 Å². The molecule has 1 amide bonds. The molecule has 1 fully saturated rings. The lowest BCUT2D eigenvalue weighted by molar-refractivity contribution is -0.117. The highest BCUT2D eigenvalue weighted by molar-refractivity contribution is 5.91. The Morgan fingerprint density at radius 3 is 2.45 bits per heavy atom. The number of carbonyl (C=O) groups excluding carboxylic acids is 1. The third-order valence-corrected chi connectivity index (χ3v) is 3.25. The van der Waals surface area contributed by atoms with Crippen LogP contribution in [-0.4, -0.2) is 19.0 Å². The van der Waals surface area contributed by atoms with Gasteiger partial charge in [-0.1, -0.05) is 0 Å². The molecule has 1 atom stereocenters. The molecule has 2 N–H and O–H groups in total. The van der Waals surface area contributed by atoms with Gasteiger partial charge in [-0.2, -0.15) is 0 Å². The smallest absolute Gasteiger partial charge is 0.224 e. The molecule has 0 aliphatic carbocycles. The predicted octanol–water partition coefficient (Wildman–Crippen LogP) is 2.57. The van der Waals surface area contributed by atoms with Crippen LogP contribution < -0.4 is 10.6 Å². The molecule has 0 bridgehead atoms. The molecular formula is C13H14F4N2O. The molecule has 0 spiro atoms. The van der Waals surface area contributed by atoms with Crippen molar-refractivity contribution in [3.63, 3.8) is 0 Å². The summed E-state index contributed by atoms with van der Waals surface area (Å²) in [6.07, 6.45) is 1.78. The molecule has 0 saturated carbocycles. The lowest BCUT2D eigenvalue weighted by atomic mass is 9.96. The first-order chi connectivity index (χ1) is 9.49. The number of rotatable bonds is 3. The number of anilines is 1. The Balaban J connectivity index is 2.07. The quantitative estimate of drug-likeness (QED) is 0.663. The van der Waals surface area contributed by atoms with E-state index in [1.807, 2.05) is 5.32 Å². The van der Waals surface area contributed by atoms with Crippen LogP contribution in [0, 0.1) is 29.2 Å². The van der Waals surface area contributed by atoms with E-state index in [9.17, 15) is 22.4 Å². The van der Waals surface area contributed by atoms with Crippen molar-refractivity contribution in [1.82, 2.24) is 5.32 Å². The van der Waals surface area contributed by atoms with Crippen LogP contribution in [0.2, 0.25) is 0 Å². The second-order valence-electron chi connectivity index (χ2n) is 4.81. The van der Waals surface area contributed by atoms with Crippen molar-refractivity contribution < 1.29 is 22.4 Å². The van der Waals surface area contributed by atoms with Gasteiger partial charge in [-0.3, -0.25) is 4.79 Å². The van der Waals surface area contributed by atoms with Crippen LogP contribution in [0.3, 0.4) is 0 Å². The number of benzene rings is 1. The third-order valence-electron chi connectivity index (χ3n) is 3.25. The minimum Gasteiger partial charge on any atom is -0.321 e. The van der Waals surface area contributed by atoms with Crippen molar-refractivity contribution in [2.45, 2.75) is 19.3 Å². The summed E-state index contributed by atoms with van der Waals surface area (Å²) < 4.78 is 52.7. The van der Waals surface area contributed by atoms with Gasteiger partial charge < -0.3 is 10.6 Å². The normalized spacial score (nSPS) is 18.9. The van der Waals surface area contributed by atoms with Crippen molar-refractivity contribution in [2.75, 3.05) is 18.4 Å². The van der Waals surface area contributed by atoms with Crippen LogP contribution in [0.25, 0.3) is 0 Å². The number of hydrogen-bond donors (Lipinski definition) is 2. The van der Waals surface area contributed by atoms with Crippen molar-refractivity contribution in [1.29, 1.82) is 0 Å². The third kappa shape index (κ3) is 3.27. The topological polar surface area (TPSA) is 41.1 Å². The standard InChI is InChI=1S/C13H14F4N2O/c14-8-5-9(15)12(17)13(11(8)16)19-10(20)4-7-2-1-3-18-6-7/h5,7,18H,1-4,6H2,(H,19,20). The van der Waals surface area contributed by atoms with Crippen molar-refractivity contribution in [2.24, 2.45) is 5.92 Å². The van der Waals surface area contributed by atoms with Gasteiger partial charge in [-0.25, -0.2) is 17.6 Å². The molecule has 0 radical (unpaired) electrons. The molecule has 1 aromatic rings. The Hall–Kier alpha value is -1.63. The Labute approximate surface area is 113 Å². The summed E-state index contributed by atoms with van der Waals surface area (Å²) in [6.45, 7) is 1.51. The fraction of sp³-hybridized carbons (Fsp3) is 0.462. The van der Waals surface area contributed by atoms with Crippen LogP contribution in [0.4, 0.5) is 23.2 Å². The molecule has 3 nitrogen and oxygen atoms in total. The summed E-state index contributed by atoms with van der Waals surface area (Å²) >= 11 is 0. The molecule has 1 aromatic carbocycles. The van der Waals surface area contributed by atoms with E-state index >= 15 is 0 Å². The minimum absolute atomic E-state index is 0.0456. The van der Waals surface area contributed by atoms with Gasteiger partial charge in [0.15, 0.2) is 23.3 Å². The Morgan fingerprint density at radius 2 is 1.90 bits per heavy atom. The average molecular weight is 290 g/mol. The van der Waals surface area contributed by atoms with Crippen molar-refractivity contribution >= 4 is 11.6 Å². The number of hydrogen-bond acceptors (Lipinski definition) is 2. The predicted molar refractivity (Wildman–Crippen MR) is 65.1 cm³/mol. The van der Waals surface area contributed by atoms with Gasteiger partial charge in [-0.15, -0.1) is 0 Å². The van der Waals surface area contributed by atoms with Gasteiger partial charge in [-0.05, 0) is 31.8 Å². The first kappa shape index (κ1) is 14.8. The van der Waals surface area contributed by atoms with E-state index in [0.717, 1.165) is 19.4 Å². The second-order valence-corrected chi connectivity index (χ2v) is 4.81. The summed E-state index contributed by atoms with van der Waals surface area (Å²) in [5.74, 6) is -6.90. The fourth-order valence-electron chi connectivity index (χ4n) is 2.23. The molecule has 1 heterocycles. The minimum atomic E-state index is -1.60. The molecule has 20 heavy (non-hydrogen) atoms. The van der Waals surface area contributed by atoms with Gasteiger partial charge >= 0.3 is 0 Å². The van der Waals surface area contributed by atoms with E-state index in [4.69, 9.17) is 0 Å². The van der Waals surface area contributed by atoms with Gasteiger partial charge in [0.05, 0.1) is 0 Å². The summed E-state index contributed by atoms with van der Waals surface area (Å²) in [5, 5.41) is 5.01. The molecule has 1 aliphatic heterocycles. The zero-order chi connectivity index (χ0) is 14.7. The first-order valence-electron chi connectivity index (χ1n) is 6.32. The van der Waals surface area contributed by atoms with Gasteiger partial charge in [0, 0.05) is 12.5 Å². The van der Waals surface area contributed by atoms with Crippen LogP contribution in [0.5, 0.6) is 0 Å². The van der Waals surface area contributed by atoms with E-state index in [1.165, 1.54) is 0 Å². The van der Waals surface area contributed by atoms with Gasteiger partial charge in [0.1, 0.15) is 5.69 Å². The lowest BCUT2D eigenvalue weighted by Crippen LogP contribution is -2.32. The van der Waals surface area contributed by atoms with E-state index in [0.29, 0.717) is 6.54 Å². The number of amides is 1. The van der Waals surface area contributed by atoms with Crippen LogP contribution in [0.15, 0.2) is 6.07 Å². The highest BCUT2D eigenvalue weighted by Gasteiger charge is 2.22. The number of carbonyl (C=O) groups is 1. The SMILES string of the molecule is O=C(CC1CCCNC1)Nc1c(F)c(F)cc(F)c1F. The molecule has 1 unspecified atom stereocenters. The van der Waals surface area contributed by atoms with E-state index in [1.54, 1.807) is 0 Å². The molecule has 7 heteroatoms. The molecule has 1 aliphatic rings. The molecule has 110 valence electrons. The number of nitrogens with one attached hydrogen (secondary N) is 2. The monoisotopic (exact) mass is 290 g/mol. The van der Waals surface area contributed by atoms with Gasteiger partial charge in [0.2, 0.25) is 5.91 Å². The van der Waals surface area contributed by atoms with Crippen molar-refractivity contribution in [3.8, 4) is 0 Å². The fourth-order valence-corrected chi connectivity index (χ4v) is 2.23. The van der Waals surface area contributed by atoms with Crippen LogP contribution in [0.1, 0.15) is 19.3 Å². The Bertz CT molecular complexity index is 489. The van der Waals surface area contributed by atoms with Gasteiger partial charge in [0.25, 0.3) is 0 Å². The van der Waals surface area contributed by atoms with E-state index in [-0.39, 0.29) is 18.4 Å². The van der Waals surface area contributed by atoms with Crippen molar-refractivity contribution in [3.05, 3.63) is 29.3 Å². The molecular weight excluding hydrogens is 276 g/mol. The number of halogens is 4. The summed E-state index contributed by atoms with van der Waals surface area (Å²) in [6, 6.07) is 0.103. The highest BCUT2D eigenvalue weighted by atomic mass is 19.2. The summed E-state index contributed by atoms with van der Waals surface area (Å²) in [7, 11) is 0.